The highest BCUT2D eigenvalue weighted by molar-refractivity contribution is 5.95. The van der Waals surface area contributed by atoms with E-state index in [1.165, 1.54) is 21.3 Å². The van der Waals surface area contributed by atoms with Gasteiger partial charge < -0.3 is 33.6 Å². The molecule has 0 aliphatic rings. The molecule has 0 saturated heterocycles. The maximum absolute atomic E-state index is 12.8. The van der Waals surface area contributed by atoms with E-state index in [1.807, 2.05) is 36.4 Å². The summed E-state index contributed by atoms with van der Waals surface area (Å²) < 4.78 is 30.0. The third kappa shape index (κ3) is 8.03. The first-order chi connectivity index (χ1) is 21.5. The van der Waals surface area contributed by atoms with Crippen LogP contribution in [0.5, 0.6) is 28.7 Å². The number of nitrogens with zero attached hydrogens (tertiary/aromatic N) is 2. The lowest BCUT2D eigenvalue weighted by molar-refractivity contribution is 0.0952. The van der Waals surface area contributed by atoms with Gasteiger partial charge in [-0.1, -0.05) is 30.7 Å². The minimum absolute atomic E-state index is 0.182. The number of hydrogen-bond acceptors (Lipinski definition) is 7. The van der Waals surface area contributed by atoms with Gasteiger partial charge in [0.25, 0.3) is 5.91 Å². The summed E-state index contributed by atoms with van der Waals surface area (Å²) >= 11 is 0. The fourth-order valence-corrected chi connectivity index (χ4v) is 5.20. The number of para-hydroxylation sites is 2. The summed E-state index contributed by atoms with van der Waals surface area (Å²) in [5.41, 5.74) is 3.73. The summed E-state index contributed by atoms with van der Waals surface area (Å²) in [5.74, 6) is 3.72. The van der Waals surface area contributed by atoms with Gasteiger partial charge in [-0.3, -0.25) is 4.79 Å². The first-order valence-corrected chi connectivity index (χ1v) is 15.0. The fourth-order valence-electron chi connectivity index (χ4n) is 5.20. The molecule has 234 valence electrons. The van der Waals surface area contributed by atoms with Crippen LogP contribution in [-0.2, 0) is 19.4 Å². The highest BCUT2D eigenvalue weighted by atomic mass is 16.5. The normalized spacial score (nSPS) is 10.8. The second-order valence-corrected chi connectivity index (χ2v) is 10.3. The summed E-state index contributed by atoms with van der Waals surface area (Å²) in [6.45, 7) is 5.74. The van der Waals surface area contributed by atoms with Crippen molar-refractivity contribution in [2.24, 2.45) is 0 Å². The largest absolute Gasteiger partial charge is 0.493 e. The lowest BCUT2D eigenvalue weighted by Gasteiger charge is -2.14. The van der Waals surface area contributed by atoms with Gasteiger partial charge in [-0.15, -0.1) is 6.58 Å². The quantitative estimate of drug-likeness (QED) is 0.104. The third-order valence-corrected chi connectivity index (χ3v) is 7.41. The van der Waals surface area contributed by atoms with Crippen LogP contribution < -0.4 is 29.0 Å². The molecule has 3 aromatic carbocycles. The molecular formula is C35H43N3O6. The molecule has 0 aliphatic carbocycles. The predicted molar refractivity (Wildman–Crippen MR) is 173 cm³/mol. The van der Waals surface area contributed by atoms with Crippen molar-refractivity contribution >= 4 is 16.9 Å². The molecule has 0 saturated carbocycles. The highest BCUT2D eigenvalue weighted by Crippen LogP contribution is 2.38. The molecule has 1 N–H and O–H groups in total. The third-order valence-electron chi connectivity index (χ3n) is 7.41. The molecule has 0 aliphatic heterocycles. The van der Waals surface area contributed by atoms with E-state index in [1.54, 1.807) is 19.2 Å². The van der Waals surface area contributed by atoms with Crippen molar-refractivity contribution in [1.82, 2.24) is 14.9 Å². The van der Waals surface area contributed by atoms with Crippen molar-refractivity contribution in [2.45, 2.75) is 45.1 Å². The van der Waals surface area contributed by atoms with Crippen LogP contribution in [0, 0.1) is 0 Å². The SMILES string of the molecule is C=CCc1ccc(OCCCn2c(CCCCCNC(=O)c3cc(OC)c(OC)c(OC)c3)nc3ccccc32)c(OC)c1. The van der Waals surface area contributed by atoms with Crippen molar-refractivity contribution in [1.29, 1.82) is 0 Å². The Labute approximate surface area is 259 Å². The van der Waals surface area contributed by atoms with Crippen molar-refractivity contribution < 1.29 is 28.5 Å². The number of benzene rings is 3. The molecule has 1 aromatic heterocycles. The first-order valence-electron chi connectivity index (χ1n) is 15.0. The molecule has 0 spiro atoms. The number of unbranched alkanes of at least 4 members (excludes halogenated alkanes) is 2. The van der Waals surface area contributed by atoms with E-state index < -0.39 is 0 Å². The number of nitrogens with one attached hydrogen (secondary N) is 1. The number of rotatable bonds is 18. The number of aryl methyl sites for hydroxylation is 2. The average Bonchev–Trinajstić information content (AvgIpc) is 3.41. The number of hydrogen-bond donors (Lipinski definition) is 1. The Bertz CT molecular complexity index is 1520. The summed E-state index contributed by atoms with van der Waals surface area (Å²) in [6, 6.07) is 17.6. The van der Waals surface area contributed by atoms with Gasteiger partial charge >= 0.3 is 0 Å². The van der Waals surface area contributed by atoms with Crippen LogP contribution in [0.15, 0.2) is 67.3 Å². The molecular weight excluding hydrogens is 558 g/mol. The Morgan fingerprint density at radius 3 is 2.32 bits per heavy atom. The van der Waals surface area contributed by atoms with Gasteiger partial charge in [-0.2, -0.15) is 0 Å². The van der Waals surface area contributed by atoms with E-state index in [9.17, 15) is 4.79 Å². The predicted octanol–water partition coefficient (Wildman–Crippen LogP) is 6.41. The van der Waals surface area contributed by atoms with Gasteiger partial charge in [-0.25, -0.2) is 4.98 Å². The maximum atomic E-state index is 12.8. The standard InChI is InChI=1S/C35H43N3O6/c1-6-13-25-17-18-29(30(22-25)40-2)44-21-12-20-38-28-15-10-9-14-27(28)37-33(38)16-8-7-11-19-36-35(39)26-23-31(41-3)34(43-5)32(24-26)42-4/h6,9-10,14-15,17-18,22-24H,1,7-8,11-13,16,19-21H2,2-5H3,(H,36,39). The van der Waals surface area contributed by atoms with E-state index in [2.05, 4.69) is 28.6 Å². The Kier molecular flexibility index (Phi) is 11.9. The van der Waals surface area contributed by atoms with Crippen molar-refractivity contribution in [2.75, 3.05) is 41.6 Å². The van der Waals surface area contributed by atoms with Crippen LogP contribution in [0.3, 0.4) is 0 Å². The van der Waals surface area contributed by atoms with Gasteiger partial charge in [-0.05, 0) is 67.6 Å². The Morgan fingerprint density at radius 2 is 1.61 bits per heavy atom. The summed E-state index contributed by atoms with van der Waals surface area (Å²) in [7, 11) is 6.26. The molecule has 0 unspecified atom stereocenters. The van der Waals surface area contributed by atoms with Crippen LogP contribution >= 0.6 is 0 Å². The number of aromatic nitrogens is 2. The van der Waals surface area contributed by atoms with Gasteiger partial charge in [0.1, 0.15) is 5.82 Å². The van der Waals surface area contributed by atoms with Crippen molar-refractivity contribution in [3.8, 4) is 28.7 Å². The number of amides is 1. The lowest BCUT2D eigenvalue weighted by Crippen LogP contribution is -2.24. The minimum Gasteiger partial charge on any atom is -0.493 e. The first kappa shape index (κ1) is 32.3. The molecule has 0 atom stereocenters. The summed E-state index contributed by atoms with van der Waals surface area (Å²) in [6.07, 6.45) is 7.14. The number of imidazole rings is 1. The smallest absolute Gasteiger partial charge is 0.251 e. The zero-order valence-corrected chi connectivity index (χ0v) is 26.2. The number of ether oxygens (including phenoxy) is 5. The Balaban J connectivity index is 1.27. The molecule has 9 nitrogen and oxygen atoms in total. The molecule has 0 radical (unpaired) electrons. The zero-order chi connectivity index (χ0) is 31.3. The van der Waals surface area contributed by atoms with Gasteiger partial charge in [0.2, 0.25) is 5.75 Å². The zero-order valence-electron chi connectivity index (χ0n) is 26.2. The average molecular weight is 602 g/mol. The van der Waals surface area contributed by atoms with Crippen LogP contribution in [0.25, 0.3) is 11.0 Å². The molecule has 4 aromatic rings. The maximum Gasteiger partial charge on any atom is 0.251 e. The molecule has 0 fully saturated rings. The number of methoxy groups -OCH3 is 4. The van der Waals surface area contributed by atoms with E-state index >= 15 is 0 Å². The van der Waals surface area contributed by atoms with E-state index in [0.29, 0.717) is 36.0 Å². The van der Waals surface area contributed by atoms with Gasteiger partial charge in [0, 0.05) is 25.1 Å². The van der Waals surface area contributed by atoms with Crippen LogP contribution in [0.2, 0.25) is 0 Å². The molecule has 44 heavy (non-hydrogen) atoms. The number of carbonyl (C=O) groups is 1. The molecule has 1 heterocycles. The second kappa shape index (κ2) is 16.3. The van der Waals surface area contributed by atoms with Crippen LogP contribution in [0.4, 0.5) is 0 Å². The van der Waals surface area contributed by atoms with Crippen molar-refractivity contribution in [3.63, 3.8) is 0 Å². The van der Waals surface area contributed by atoms with E-state index in [-0.39, 0.29) is 5.91 Å². The summed E-state index contributed by atoms with van der Waals surface area (Å²) in [5, 5.41) is 3.00. The Hall–Kier alpha value is -4.66. The van der Waals surface area contributed by atoms with Gasteiger partial charge in [0.15, 0.2) is 23.0 Å². The second-order valence-electron chi connectivity index (χ2n) is 10.3. The molecule has 1 amide bonds. The van der Waals surface area contributed by atoms with E-state index in [4.69, 9.17) is 28.7 Å². The number of fused-ring (bicyclic) bond motifs is 1. The topological polar surface area (TPSA) is 93.1 Å². The van der Waals surface area contributed by atoms with Gasteiger partial charge in [0.05, 0.1) is 46.1 Å². The number of allylic oxidation sites excluding steroid dienone is 1. The van der Waals surface area contributed by atoms with Crippen LogP contribution in [0.1, 0.15) is 47.4 Å². The molecule has 0 bridgehead atoms. The lowest BCUT2D eigenvalue weighted by atomic mass is 10.1. The molecule has 9 heteroatoms. The fraction of sp³-hybridized carbons (Fsp3) is 0.371. The Morgan fingerprint density at radius 1 is 0.864 bits per heavy atom. The van der Waals surface area contributed by atoms with Crippen LogP contribution in [-0.4, -0.2) is 57.0 Å². The van der Waals surface area contributed by atoms with Crippen molar-refractivity contribution in [3.05, 3.63) is 84.2 Å². The monoisotopic (exact) mass is 601 g/mol. The number of carbonyl (C=O) groups excluding carboxylic acids is 1. The van der Waals surface area contributed by atoms with E-state index in [0.717, 1.165) is 79.0 Å². The molecule has 4 rings (SSSR count). The minimum atomic E-state index is -0.182. The highest BCUT2D eigenvalue weighted by Gasteiger charge is 2.17. The summed E-state index contributed by atoms with van der Waals surface area (Å²) in [4.78, 5) is 17.7.